The average molecular weight is 688 g/mol. The molecule has 13 heteroatoms. The number of ketones is 1. The third kappa shape index (κ3) is 6.73. The number of ether oxygens (including phenoxy) is 3. The molecule has 5 aromatic rings. The third-order valence-electron chi connectivity index (χ3n) is 7.49. The normalized spacial score (nSPS) is 15.5. The van der Waals surface area contributed by atoms with Gasteiger partial charge in [-0.3, -0.25) is 14.5 Å². The number of aliphatic hydroxyl groups excluding tert-OH is 1. The Hall–Kier alpha value is -5.27. The predicted molar refractivity (Wildman–Crippen MR) is 177 cm³/mol. The van der Waals surface area contributed by atoms with Crippen molar-refractivity contribution in [2.45, 2.75) is 22.7 Å². The molecule has 244 valence electrons. The average Bonchev–Trinajstić information content (AvgIpc) is 3.68. The third-order valence-corrected chi connectivity index (χ3v) is 9.61. The van der Waals surface area contributed by atoms with E-state index in [1.807, 2.05) is 30.3 Å². The Balaban J connectivity index is 1.39. The number of nitrogens with zero attached hydrogens (tertiary/aromatic N) is 3. The zero-order chi connectivity index (χ0) is 33.8. The lowest BCUT2D eigenvalue weighted by Gasteiger charge is -2.23. The molecule has 0 bridgehead atoms. The first-order valence-electron chi connectivity index (χ1n) is 14.5. The van der Waals surface area contributed by atoms with Crippen LogP contribution in [0.15, 0.2) is 101 Å². The van der Waals surface area contributed by atoms with Gasteiger partial charge in [-0.15, -0.1) is 10.2 Å². The summed E-state index contributed by atoms with van der Waals surface area (Å²) in [7, 11) is 2.76. The number of aliphatic hydroxyl groups is 1. The molecule has 0 saturated carbocycles. The second-order valence-electron chi connectivity index (χ2n) is 10.5. The largest absolute Gasteiger partial charge is 0.507 e. The van der Waals surface area contributed by atoms with Crippen molar-refractivity contribution in [3.05, 3.63) is 130 Å². The maximum absolute atomic E-state index is 14.7. The van der Waals surface area contributed by atoms with Gasteiger partial charge in [0.2, 0.25) is 5.13 Å². The lowest BCUT2D eigenvalue weighted by Crippen LogP contribution is -2.29. The van der Waals surface area contributed by atoms with E-state index in [9.17, 15) is 23.5 Å². The van der Waals surface area contributed by atoms with E-state index in [1.165, 1.54) is 50.2 Å². The number of halogens is 2. The molecule has 2 heterocycles. The van der Waals surface area contributed by atoms with Crippen molar-refractivity contribution in [3.63, 3.8) is 0 Å². The van der Waals surface area contributed by atoms with Crippen LogP contribution in [0.5, 0.6) is 17.2 Å². The maximum Gasteiger partial charge on any atom is 0.301 e. The van der Waals surface area contributed by atoms with E-state index in [2.05, 4.69) is 10.2 Å². The maximum atomic E-state index is 14.7. The summed E-state index contributed by atoms with van der Waals surface area (Å²) in [5.41, 5.74) is 1.88. The van der Waals surface area contributed by atoms with Crippen LogP contribution in [-0.2, 0) is 21.9 Å². The van der Waals surface area contributed by atoms with Gasteiger partial charge >= 0.3 is 5.91 Å². The number of aromatic nitrogens is 2. The number of hydrogen-bond acceptors (Lipinski definition) is 10. The lowest BCUT2D eigenvalue weighted by molar-refractivity contribution is -0.132. The van der Waals surface area contributed by atoms with Crippen LogP contribution in [0, 0.1) is 11.6 Å². The zero-order valence-corrected chi connectivity index (χ0v) is 27.2. The number of Topliss-reactive ketones (excluding diaryl/α,β-unsaturated/α-hetero) is 1. The van der Waals surface area contributed by atoms with Crippen LogP contribution < -0.4 is 19.1 Å². The molecule has 1 saturated heterocycles. The first-order chi connectivity index (χ1) is 23.3. The lowest BCUT2D eigenvalue weighted by atomic mass is 9.95. The van der Waals surface area contributed by atoms with Gasteiger partial charge in [0.15, 0.2) is 27.4 Å². The van der Waals surface area contributed by atoms with Gasteiger partial charge in [0.05, 0.1) is 25.8 Å². The highest BCUT2D eigenvalue weighted by Gasteiger charge is 2.48. The summed E-state index contributed by atoms with van der Waals surface area (Å²) in [4.78, 5) is 28.5. The summed E-state index contributed by atoms with van der Waals surface area (Å²) in [5, 5.41) is 20.0. The number of rotatable bonds is 11. The molecule has 6 rings (SSSR count). The van der Waals surface area contributed by atoms with Crippen molar-refractivity contribution in [1.29, 1.82) is 0 Å². The highest BCUT2D eigenvalue weighted by molar-refractivity contribution is 8.00. The minimum atomic E-state index is -1.19. The Labute approximate surface area is 282 Å². The first-order valence-corrected chi connectivity index (χ1v) is 16.3. The molecule has 1 N–H and O–H groups in total. The van der Waals surface area contributed by atoms with Gasteiger partial charge < -0.3 is 19.3 Å². The molecule has 0 radical (unpaired) electrons. The minimum Gasteiger partial charge on any atom is -0.507 e. The monoisotopic (exact) mass is 687 g/mol. The molecule has 0 aliphatic carbocycles. The molecular weight excluding hydrogens is 661 g/mol. The summed E-state index contributed by atoms with van der Waals surface area (Å²) in [6, 6.07) is 23.0. The van der Waals surface area contributed by atoms with Gasteiger partial charge in [0.1, 0.15) is 18.2 Å². The molecule has 1 amide bonds. The number of carbonyl (C=O) groups is 2. The van der Waals surface area contributed by atoms with E-state index in [1.54, 1.807) is 30.3 Å². The Morgan fingerprint density at radius 1 is 0.875 bits per heavy atom. The summed E-state index contributed by atoms with van der Waals surface area (Å²) in [6.45, 7) is 0.265. The highest BCUT2D eigenvalue weighted by atomic mass is 32.2. The van der Waals surface area contributed by atoms with Gasteiger partial charge in [0, 0.05) is 11.3 Å². The van der Waals surface area contributed by atoms with Crippen LogP contribution in [0.25, 0.3) is 5.76 Å². The topological polar surface area (TPSA) is 111 Å². The van der Waals surface area contributed by atoms with Crippen LogP contribution in [-0.4, -0.2) is 41.2 Å². The van der Waals surface area contributed by atoms with Crippen LogP contribution in [0.2, 0.25) is 0 Å². The van der Waals surface area contributed by atoms with E-state index in [0.29, 0.717) is 27.2 Å². The molecule has 48 heavy (non-hydrogen) atoms. The molecule has 1 aliphatic heterocycles. The zero-order valence-electron chi connectivity index (χ0n) is 25.6. The van der Waals surface area contributed by atoms with Crippen molar-refractivity contribution in [2.24, 2.45) is 0 Å². The fraction of sp³-hybridized carbons (Fsp3) is 0.143. The van der Waals surface area contributed by atoms with Gasteiger partial charge in [0.25, 0.3) is 5.78 Å². The summed E-state index contributed by atoms with van der Waals surface area (Å²) >= 11 is 2.40. The van der Waals surface area contributed by atoms with Crippen LogP contribution in [0.1, 0.15) is 28.3 Å². The minimum absolute atomic E-state index is 0.0288. The summed E-state index contributed by atoms with van der Waals surface area (Å²) < 4.78 is 45.2. The van der Waals surface area contributed by atoms with Gasteiger partial charge in [-0.2, -0.15) is 0 Å². The molecule has 1 aromatic heterocycles. The number of methoxy groups -OCH3 is 2. The van der Waals surface area contributed by atoms with Crippen molar-refractivity contribution in [1.82, 2.24) is 10.2 Å². The Bertz CT molecular complexity index is 2000. The van der Waals surface area contributed by atoms with Crippen molar-refractivity contribution < 1.29 is 37.7 Å². The quantitative estimate of drug-likeness (QED) is 0.0502. The predicted octanol–water partition coefficient (Wildman–Crippen LogP) is 7.33. The molecule has 1 fully saturated rings. The van der Waals surface area contributed by atoms with Crippen molar-refractivity contribution in [2.75, 3.05) is 19.1 Å². The summed E-state index contributed by atoms with van der Waals surface area (Å²) in [5.74, 6) is -2.50. The highest BCUT2D eigenvalue weighted by Crippen LogP contribution is 2.46. The molecule has 9 nitrogen and oxygen atoms in total. The second kappa shape index (κ2) is 14.2. The fourth-order valence-corrected chi connectivity index (χ4v) is 6.93. The number of carbonyl (C=O) groups excluding carboxylic acids is 2. The Morgan fingerprint density at radius 2 is 1.60 bits per heavy atom. The molecule has 1 aliphatic rings. The van der Waals surface area contributed by atoms with E-state index in [0.717, 1.165) is 33.4 Å². The Kier molecular flexibility index (Phi) is 9.69. The van der Waals surface area contributed by atoms with E-state index >= 15 is 0 Å². The Morgan fingerprint density at radius 3 is 2.31 bits per heavy atom. The van der Waals surface area contributed by atoms with Crippen LogP contribution >= 0.6 is 23.1 Å². The van der Waals surface area contributed by atoms with Crippen molar-refractivity contribution >= 4 is 45.7 Å². The standard InChI is InChI=1S/C35H27F2N3O6S2/c1-44-26-14-11-23(16-25(26)37)31(41)29-30(22-10-15-27(28(17-22)45-2)46-18-20-6-4-3-5-7-20)40(33(43)32(29)42)34-38-39-35(48-34)47-19-21-8-12-24(36)13-9-21/h3-17,30,41H,18-19H2,1-2H3/b31-29+. The number of hydrogen-bond donors (Lipinski definition) is 1. The molecule has 0 spiro atoms. The number of benzene rings is 4. The van der Waals surface area contributed by atoms with Crippen LogP contribution in [0.4, 0.5) is 13.9 Å². The first kappa shape index (κ1) is 32.7. The van der Waals surface area contributed by atoms with E-state index in [-0.39, 0.29) is 34.4 Å². The SMILES string of the molecule is COc1ccc(/C(O)=C2\C(=O)C(=O)N(c3nnc(SCc4ccc(F)cc4)s3)C2c2ccc(OCc3ccccc3)c(OC)c2)cc1F. The number of amides is 1. The smallest absolute Gasteiger partial charge is 0.301 e. The molecule has 1 unspecified atom stereocenters. The molecule has 4 aromatic carbocycles. The van der Waals surface area contributed by atoms with Crippen LogP contribution in [0.3, 0.4) is 0 Å². The second-order valence-corrected chi connectivity index (χ2v) is 12.6. The van der Waals surface area contributed by atoms with Gasteiger partial charge in [-0.05, 0) is 59.2 Å². The molecule has 1 atom stereocenters. The molecular formula is C35H27F2N3O6S2. The van der Waals surface area contributed by atoms with E-state index in [4.69, 9.17) is 14.2 Å². The van der Waals surface area contributed by atoms with Crippen molar-refractivity contribution in [3.8, 4) is 17.2 Å². The summed E-state index contributed by atoms with van der Waals surface area (Å²) in [6.07, 6.45) is 0. The van der Waals surface area contributed by atoms with Gasteiger partial charge in [-0.25, -0.2) is 8.78 Å². The number of thioether (sulfide) groups is 1. The fourth-order valence-electron chi connectivity index (χ4n) is 5.11. The van der Waals surface area contributed by atoms with E-state index < -0.39 is 29.3 Å². The van der Waals surface area contributed by atoms with Gasteiger partial charge in [-0.1, -0.05) is 71.6 Å². The number of anilines is 1.